The lowest BCUT2D eigenvalue weighted by atomic mass is 9.70. The number of unbranched alkanes of at least 4 members (excludes halogenated alkanes) is 8. The van der Waals surface area contributed by atoms with Crippen LogP contribution in [-0.2, 0) is 37.9 Å². The fourth-order valence-electron chi connectivity index (χ4n) is 26.4. The molecule has 0 radical (unpaired) electrons. The first-order chi connectivity index (χ1) is 61.4. The van der Waals surface area contributed by atoms with E-state index in [-0.39, 0.29) is 27.1 Å². The second-order valence-corrected chi connectivity index (χ2v) is 41.9. The number of fused-ring (bicyclic) bond motifs is 35. The van der Waals surface area contributed by atoms with Crippen LogP contribution in [0.5, 0.6) is 0 Å². The molecule has 0 atom stereocenters. The molecule has 0 amide bonds. The number of benzene rings is 15. The largest absolute Gasteiger partial charge is 0.456 e. The minimum atomic E-state index is -0.451. The molecule has 0 saturated carbocycles. The molecule has 0 N–H and O–H groups in total. The predicted octanol–water partition coefficient (Wildman–Crippen LogP) is 35.0. The molecule has 7 aliphatic carbocycles. The Morgan fingerprint density at radius 1 is 0.228 bits per heavy atom. The molecule has 4 heteroatoms. The number of hydrogen-bond acceptors (Lipinski definition) is 4. The van der Waals surface area contributed by atoms with E-state index in [1.165, 1.54) is 260 Å². The molecule has 624 valence electrons. The lowest BCUT2D eigenvalue weighted by Crippen LogP contribution is -2.25. The van der Waals surface area contributed by atoms with Gasteiger partial charge in [-0.2, -0.15) is 0 Å². The lowest BCUT2D eigenvalue weighted by molar-refractivity contribution is 0.399. The highest BCUT2D eigenvalue weighted by Gasteiger charge is 2.51. The molecule has 25 rings (SSSR count). The number of rotatable bonds is 17. The van der Waals surface area contributed by atoms with Crippen molar-refractivity contribution in [3.05, 3.63) is 339 Å². The fourth-order valence-corrected chi connectivity index (χ4v) is 26.4. The third-order valence-corrected chi connectivity index (χ3v) is 32.9. The maximum atomic E-state index is 7.37. The Kier molecular flexibility index (Phi) is 16.2. The van der Waals surface area contributed by atoms with Crippen LogP contribution in [0.1, 0.15) is 252 Å². The average Bonchev–Trinajstić information content (AvgIpc) is 1.49. The van der Waals surface area contributed by atoms with E-state index in [2.05, 4.69) is 363 Å². The molecular formula is C123H109NO3. The monoisotopic (exact) mass is 1650 g/mol. The maximum Gasteiger partial charge on any atom is 0.144 e. The van der Waals surface area contributed by atoms with Gasteiger partial charge in [0.15, 0.2) is 0 Å². The van der Waals surface area contributed by atoms with Crippen molar-refractivity contribution < 1.29 is 13.3 Å². The van der Waals surface area contributed by atoms with Crippen molar-refractivity contribution in [2.75, 3.05) is 4.90 Å². The average molecular weight is 1650 g/mol. The van der Waals surface area contributed by atoms with Crippen LogP contribution in [0, 0.1) is 0 Å². The van der Waals surface area contributed by atoms with Crippen LogP contribution in [-0.4, -0.2) is 0 Å². The molecule has 18 aromatic rings. The summed E-state index contributed by atoms with van der Waals surface area (Å²) in [6.07, 6.45) is 15.3. The van der Waals surface area contributed by atoms with Crippen LogP contribution < -0.4 is 4.90 Å². The van der Waals surface area contributed by atoms with E-state index in [4.69, 9.17) is 13.3 Å². The molecule has 0 fully saturated rings. The third-order valence-electron chi connectivity index (χ3n) is 32.9. The minimum absolute atomic E-state index is 0.0152. The Hall–Kier alpha value is -12.5. The molecule has 15 aromatic carbocycles. The summed E-state index contributed by atoms with van der Waals surface area (Å²) in [5.41, 5.74) is 49.5. The summed E-state index contributed by atoms with van der Waals surface area (Å²) in [6.45, 7) is 34.2. The van der Waals surface area contributed by atoms with Crippen molar-refractivity contribution in [3.8, 4) is 100 Å². The highest BCUT2D eigenvalue weighted by atomic mass is 16.3. The van der Waals surface area contributed by atoms with E-state index in [9.17, 15) is 0 Å². The molecule has 0 saturated heterocycles. The summed E-state index contributed by atoms with van der Waals surface area (Å²) < 4.78 is 21.2. The van der Waals surface area contributed by atoms with Gasteiger partial charge in [0.25, 0.3) is 0 Å². The first-order valence-electron chi connectivity index (χ1n) is 47.5. The van der Waals surface area contributed by atoms with Crippen molar-refractivity contribution in [1.82, 2.24) is 0 Å². The first kappa shape index (κ1) is 76.9. The first-order valence-corrected chi connectivity index (χ1v) is 47.5. The standard InChI is InChI=1S/C123H109NO3/c1-15-17-19-21-33-59-123(60-34-22-20-18-16-2)91-41-29-23-35-76(91)79-52-46-71(62-100(79)123)70-45-51-77-78-53-47-72(63-94(78)118(5,6)93(77)61-70)87-67-101-106(110-85-38-26-31-43-103(85)126-115(87)110)82-55-49-74(65-96(82)120(101,9)10)124(73-48-54-80-88-68-99-89(69-98(88)119(7,8)95(80)64-73)107-92(117(99,3)4)57-58-105-108(107)84-37-25-30-42-102(84)125-105)75-50-56-83-97(66-75)122(13,14)113-109(83)111-86-39-27-32-44-104(86)127-116(111)112-81-36-24-28-40-90(81)121(11,12)114(112)113/h23-32,35-58,61-69H,15-22,33-34,59-60H2,1-14H3. The van der Waals surface area contributed by atoms with Crippen molar-refractivity contribution in [2.45, 2.75) is 212 Å². The SMILES string of the molecule is CCCCCCCC1(CCCCCCC)c2ccccc2-c2ccc(-c3ccc4c(c3)C(C)(C)c3cc(-c5cc6c(c7c5oc5ccccc57)-c5ccc(N(c7ccc8c(c7)C(C)(C)c7cc9c(cc7-8)C(C)(C)c7ccc8oc%10ccccc%10c8c7-9)c7ccc8c(c7)C(C)(C)c7c9c(c%10oc%11ccccc%11c%10c7-8)-c7ccccc7C9(C)C)cc5C6(C)C)ccc3-4)cc21. The molecule has 0 unspecified atom stereocenters. The van der Waals surface area contributed by atoms with Gasteiger partial charge in [0.2, 0.25) is 0 Å². The number of hydrogen-bond donors (Lipinski definition) is 0. The van der Waals surface area contributed by atoms with Gasteiger partial charge in [0.05, 0.1) is 0 Å². The smallest absolute Gasteiger partial charge is 0.144 e. The Balaban J connectivity index is 0.622. The molecule has 7 aliphatic rings. The minimum Gasteiger partial charge on any atom is -0.456 e. The summed E-state index contributed by atoms with van der Waals surface area (Å²) in [5.74, 6) is 0. The van der Waals surface area contributed by atoms with Gasteiger partial charge >= 0.3 is 0 Å². The molecule has 3 aromatic heterocycles. The topological polar surface area (TPSA) is 42.7 Å². The van der Waals surface area contributed by atoms with Crippen LogP contribution in [0.4, 0.5) is 17.1 Å². The van der Waals surface area contributed by atoms with Crippen LogP contribution in [0.15, 0.2) is 274 Å². The van der Waals surface area contributed by atoms with Crippen molar-refractivity contribution in [1.29, 1.82) is 0 Å². The van der Waals surface area contributed by atoms with Crippen LogP contribution >= 0.6 is 0 Å². The van der Waals surface area contributed by atoms with Crippen LogP contribution in [0.3, 0.4) is 0 Å². The molecule has 4 nitrogen and oxygen atoms in total. The second-order valence-electron chi connectivity index (χ2n) is 41.9. The zero-order valence-corrected chi connectivity index (χ0v) is 76.0. The van der Waals surface area contributed by atoms with Gasteiger partial charge in [-0.15, -0.1) is 0 Å². The van der Waals surface area contributed by atoms with E-state index in [1.54, 1.807) is 11.1 Å². The Morgan fingerprint density at radius 3 is 1.24 bits per heavy atom. The summed E-state index contributed by atoms with van der Waals surface area (Å²) in [6, 6.07) is 102. The second kappa shape index (κ2) is 26.8. The fraction of sp³-hybridized carbons (Fsp3) is 0.268. The van der Waals surface area contributed by atoms with Crippen molar-refractivity contribution >= 4 is 82.9 Å². The Morgan fingerprint density at radius 2 is 0.614 bits per heavy atom. The highest BCUT2D eigenvalue weighted by molar-refractivity contribution is 6.22. The number of anilines is 3. The van der Waals surface area contributed by atoms with E-state index in [1.807, 2.05) is 0 Å². The summed E-state index contributed by atoms with van der Waals surface area (Å²) in [5, 5.41) is 7.07. The van der Waals surface area contributed by atoms with Gasteiger partial charge in [-0.3, -0.25) is 0 Å². The zero-order valence-electron chi connectivity index (χ0n) is 76.0. The van der Waals surface area contributed by atoms with E-state index >= 15 is 0 Å². The summed E-state index contributed by atoms with van der Waals surface area (Å²) >= 11 is 0. The zero-order chi connectivity index (χ0) is 86.2. The normalized spacial score (nSPS) is 16.5. The van der Waals surface area contributed by atoms with Gasteiger partial charge in [0, 0.05) is 98.4 Å². The van der Waals surface area contributed by atoms with E-state index < -0.39 is 10.8 Å². The molecule has 0 bridgehead atoms. The summed E-state index contributed by atoms with van der Waals surface area (Å²) in [4.78, 5) is 2.61. The van der Waals surface area contributed by atoms with Gasteiger partial charge in [-0.25, -0.2) is 0 Å². The quantitative estimate of drug-likeness (QED) is 0.0852. The van der Waals surface area contributed by atoms with Crippen LogP contribution in [0.25, 0.3) is 166 Å². The van der Waals surface area contributed by atoms with Crippen LogP contribution in [0.2, 0.25) is 0 Å². The van der Waals surface area contributed by atoms with Crippen molar-refractivity contribution in [2.24, 2.45) is 0 Å². The number of furan rings is 3. The Labute approximate surface area is 746 Å². The molecule has 0 spiro atoms. The summed E-state index contributed by atoms with van der Waals surface area (Å²) in [7, 11) is 0. The van der Waals surface area contributed by atoms with Gasteiger partial charge in [-0.1, -0.05) is 325 Å². The Bertz CT molecular complexity index is 7860. The predicted molar refractivity (Wildman–Crippen MR) is 532 cm³/mol. The maximum absolute atomic E-state index is 7.37. The number of nitrogens with zero attached hydrogens (tertiary/aromatic N) is 1. The lowest BCUT2D eigenvalue weighted by Gasteiger charge is -2.33. The highest BCUT2D eigenvalue weighted by Crippen LogP contribution is 2.67. The van der Waals surface area contributed by atoms with Gasteiger partial charge in [0.1, 0.15) is 33.5 Å². The number of para-hydroxylation sites is 3. The molecule has 3 heterocycles. The van der Waals surface area contributed by atoms with Gasteiger partial charge < -0.3 is 18.2 Å². The molecule has 0 aliphatic heterocycles. The third kappa shape index (κ3) is 10.3. The molecular weight excluding hydrogens is 1540 g/mol. The van der Waals surface area contributed by atoms with Crippen molar-refractivity contribution in [3.63, 3.8) is 0 Å². The van der Waals surface area contributed by atoms with Gasteiger partial charge in [-0.05, 0) is 277 Å². The van der Waals surface area contributed by atoms with E-state index in [0.29, 0.717) is 0 Å². The van der Waals surface area contributed by atoms with E-state index in [0.717, 1.165) is 66.9 Å². The molecule has 127 heavy (non-hydrogen) atoms.